The average molecular weight is 271 g/mol. The van der Waals surface area contributed by atoms with Gasteiger partial charge in [0, 0.05) is 19.6 Å². The number of carbonyl (C=O) groups excluding carboxylic acids is 4. The van der Waals surface area contributed by atoms with E-state index in [1.165, 1.54) is 11.8 Å². The number of imide groups is 1. The number of rotatable bonds is 4. The van der Waals surface area contributed by atoms with Crippen molar-refractivity contribution in [2.75, 3.05) is 19.6 Å². The summed E-state index contributed by atoms with van der Waals surface area (Å²) in [6, 6.07) is -1.97. The molecule has 0 bridgehead atoms. The summed E-state index contributed by atoms with van der Waals surface area (Å²) >= 11 is 0. The number of urea groups is 1. The van der Waals surface area contributed by atoms with Crippen molar-refractivity contribution in [3.05, 3.63) is 0 Å². The third kappa shape index (κ3) is 3.28. The molecule has 2 atom stereocenters. The number of aldehydes is 1. The molecule has 19 heavy (non-hydrogen) atoms. The summed E-state index contributed by atoms with van der Waals surface area (Å²) in [7, 11) is 0. The quantitative estimate of drug-likeness (QED) is 0.470. The molecular weight excluding hydrogens is 254 g/mol. The van der Waals surface area contributed by atoms with E-state index < -0.39 is 30.0 Å². The molecule has 0 aromatic rings. The van der Waals surface area contributed by atoms with E-state index in [9.17, 15) is 24.3 Å². The maximum absolute atomic E-state index is 11.8. The molecule has 0 aromatic heterocycles. The highest BCUT2D eigenvalue weighted by Gasteiger charge is 2.36. The first kappa shape index (κ1) is 15.1. The van der Waals surface area contributed by atoms with Crippen LogP contribution in [0, 0.1) is 0 Å². The minimum absolute atomic E-state index is 0.0651. The van der Waals surface area contributed by atoms with Crippen LogP contribution in [0.5, 0.6) is 0 Å². The molecule has 1 heterocycles. The molecule has 2 N–H and O–H groups in total. The maximum atomic E-state index is 11.8. The van der Waals surface area contributed by atoms with Gasteiger partial charge in [0.05, 0.1) is 6.10 Å². The maximum Gasteiger partial charge on any atom is 0.325 e. The van der Waals surface area contributed by atoms with Crippen molar-refractivity contribution >= 4 is 24.1 Å². The second-order valence-corrected chi connectivity index (χ2v) is 4.19. The van der Waals surface area contributed by atoms with Crippen molar-refractivity contribution in [3.8, 4) is 0 Å². The molecule has 106 valence electrons. The highest BCUT2D eigenvalue weighted by Crippen LogP contribution is 2.05. The van der Waals surface area contributed by atoms with Crippen molar-refractivity contribution in [2.45, 2.75) is 26.0 Å². The Labute approximate surface area is 110 Å². The van der Waals surface area contributed by atoms with Gasteiger partial charge in [-0.15, -0.1) is 0 Å². The molecule has 8 nitrogen and oxygen atoms in total. The van der Waals surface area contributed by atoms with Gasteiger partial charge in [0.25, 0.3) is 0 Å². The fraction of sp³-hybridized carbons (Fsp3) is 0.636. The molecule has 0 saturated carbocycles. The Bertz CT molecular complexity index is 396. The van der Waals surface area contributed by atoms with Gasteiger partial charge in [-0.25, -0.2) is 4.79 Å². The van der Waals surface area contributed by atoms with Gasteiger partial charge < -0.3 is 20.1 Å². The van der Waals surface area contributed by atoms with Crippen LogP contribution in [0.2, 0.25) is 0 Å². The molecule has 0 radical (unpaired) electrons. The molecule has 8 heteroatoms. The largest absolute Gasteiger partial charge is 0.391 e. The molecule has 4 amide bonds. The minimum atomic E-state index is -1.11. The molecule has 0 aliphatic carbocycles. The number of piperazine rings is 1. The number of amides is 4. The molecule has 1 fully saturated rings. The zero-order valence-electron chi connectivity index (χ0n) is 10.8. The van der Waals surface area contributed by atoms with Crippen LogP contribution in [0.15, 0.2) is 0 Å². The Morgan fingerprint density at radius 1 is 1.42 bits per heavy atom. The number of likely N-dealkylation sites (N-methyl/N-ethyl adjacent to an activating group) is 1. The van der Waals surface area contributed by atoms with E-state index in [1.54, 1.807) is 6.92 Å². The first-order chi connectivity index (χ1) is 8.92. The van der Waals surface area contributed by atoms with Crippen molar-refractivity contribution in [3.63, 3.8) is 0 Å². The van der Waals surface area contributed by atoms with Crippen LogP contribution < -0.4 is 5.32 Å². The monoisotopic (exact) mass is 271 g/mol. The van der Waals surface area contributed by atoms with E-state index >= 15 is 0 Å². The van der Waals surface area contributed by atoms with E-state index in [-0.39, 0.29) is 13.1 Å². The van der Waals surface area contributed by atoms with E-state index in [1.807, 2.05) is 0 Å². The van der Waals surface area contributed by atoms with Gasteiger partial charge in [-0.3, -0.25) is 14.5 Å². The summed E-state index contributed by atoms with van der Waals surface area (Å²) < 4.78 is 0. The summed E-state index contributed by atoms with van der Waals surface area (Å²) in [5.74, 6) is -1.68. The number of nitrogens with one attached hydrogen (secondary N) is 1. The van der Waals surface area contributed by atoms with Crippen LogP contribution in [0.1, 0.15) is 13.8 Å². The first-order valence-corrected chi connectivity index (χ1v) is 5.97. The Balaban J connectivity index is 2.71. The normalized spacial score (nSPS) is 19.1. The van der Waals surface area contributed by atoms with Crippen LogP contribution in [-0.2, 0) is 14.4 Å². The average Bonchev–Trinajstić information content (AvgIpc) is 2.38. The third-order valence-corrected chi connectivity index (χ3v) is 2.89. The van der Waals surface area contributed by atoms with Crippen molar-refractivity contribution in [2.24, 2.45) is 0 Å². The molecule has 1 aliphatic rings. The Kier molecular flexibility index (Phi) is 4.99. The van der Waals surface area contributed by atoms with Crippen LogP contribution in [-0.4, -0.2) is 70.8 Å². The fourth-order valence-corrected chi connectivity index (χ4v) is 1.66. The molecule has 1 rings (SSSR count). The lowest BCUT2D eigenvalue weighted by Crippen LogP contribution is -2.60. The predicted octanol–water partition coefficient (Wildman–Crippen LogP) is -1.66. The zero-order chi connectivity index (χ0) is 14.6. The summed E-state index contributed by atoms with van der Waals surface area (Å²) in [5, 5.41) is 11.4. The highest BCUT2D eigenvalue weighted by atomic mass is 16.3. The predicted molar refractivity (Wildman–Crippen MR) is 64.0 cm³/mol. The Hall–Kier alpha value is -1.96. The van der Waals surface area contributed by atoms with E-state index in [0.717, 1.165) is 4.90 Å². The van der Waals surface area contributed by atoms with Crippen LogP contribution in [0.3, 0.4) is 0 Å². The topological polar surface area (TPSA) is 107 Å². The smallest absolute Gasteiger partial charge is 0.325 e. The molecule has 1 saturated heterocycles. The fourth-order valence-electron chi connectivity index (χ4n) is 1.66. The standard InChI is InChI=1S/C11H17N3O5/c1-3-13-4-5-14(10(18)9(13)17)11(19)12-8(6-15)7(2)16/h6-8,16H,3-5H2,1-2H3,(H,12,19)/t7-,8-/m1/s1. The van der Waals surface area contributed by atoms with Crippen LogP contribution >= 0.6 is 0 Å². The van der Waals surface area contributed by atoms with Crippen LogP contribution in [0.4, 0.5) is 4.79 Å². The van der Waals surface area contributed by atoms with E-state index in [2.05, 4.69) is 5.32 Å². The zero-order valence-corrected chi connectivity index (χ0v) is 10.8. The number of hydrogen-bond acceptors (Lipinski definition) is 5. The number of aliphatic hydroxyl groups excluding tert-OH is 1. The Morgan fingerprint density at radius 3 is 2.53 bits per heavy atom. The molecule has 0 unspecified atom stereocenters. The lowest BCUT2D eigenvalue weighted by molar-refractivity contribution is -0.153. The lowest BCUT2D eigenvalue weighted by atomic mass is 10.2. The number of nitrogens with zero attached hydrogens (tertiary/aromatic N) is 2. The number of aliphatic hydroxyl groups is 1. The van der Waals surface area contributed by atoms with Gasteiger partial charge in [-0.1, -0.05) is 0 Å². The molecular formula is C11H17N3O5. The van der Waals surface area contributed by atoms with Gasteiger partial charge >= 0.3 is 17.8 Å². The van der Waals surface area contributed by atoms with Gasteiger partial charge in [-0.05, 0) is 13.8 Å². The van der Waals surface area contributed by atoms with Crippen molar-refractivity contribution in [1.82, 2.24) is 15.1 Å². The molecule has 0 aromatic carbocycles. The third-order valence-electron chi connectivity index (χ3n) is 2.89. The van der Waals surface area contributed by atoms with Gasteiger partial charge in [0.15, 0.2) is 0 Å². The number of carbonyl (C=O) groups is 4. The van der Waals surface area contributed by atoms with E-state index in [4.69, 9.17) is 0 Å². The number of hydrogen-bond donors (Lipinski definition) is 2. The summed E-state index contributed by atoms with van der Waals surface area (Å²) in [6.45, 7) is 3.79. The van der Waals surface area contributed by atoms with Crippen molar-refractivity contribution < 1.29 is 24.3 Å². The second kappa shape index (κ2) is 6.28. The lowest BCUT2D eigenvalue weighted by Gasteiger charge is -2.32. The highest BCUT2D eigenvalue weighted by molar-refractivity contribution is 6.38. The first-order valence-electron chi connectivity index (χ1n) is 5.97. The molecule has 0 spiro atoms. The van der Waals surface area contributed by atoms with Gasteiger partial charge in [-0.2, -0.15) is 0 Å². The van der Waals surface area contributed by atoms with Gasteiger partial charge in [0.2, 0.25) is 0 Å². The van der Waals surface area contributed by atoms with Gasteiger partial charge in [0.1, 0.15) is 12.3 Å². The Morgan fingerprint density at radius 2 is 2.05 bits per heavy atom. The second-order valence-electron chi connectivity index (χ2n) is 4.19. The minimum Gasteiger partial charge on any atom is -0.391 e. The van der Waals surface area contributed by atoms with Crippen molar-refractivity contribution in [1.29, 1.82) is 0 Å². The van der Waals surface area contributed by atoms with Crippen LogP contribution in [0.25, 0.3) is 0 Å². The SMILES string of the molecule is CCN1CCN(C(=O)N[C@H](C=O)[C@@H](C)O)C(=O)C1=O. The van der Waals surface area contributed by atoms with E-state index in [0.29, 0.717) is 12.8 Å². The molecule has 1 aliphatic heterocycles. The summed E-state index contributed by atoms with van der Waals surface area (Å²) in [5.41, 5.74) is 0. The summed E-state index contributed by atoms with van der Waals surface area (Å²) in [6.07, 6.45) is -0.707. The summed E-state index contributed by atoms with van der Waals surface area (Å²) in [4.78, 5) is 47.8.